The zero-order chi connectivity index (χ0) is 14.3. The molecule has 2 nitrogen and oxygen atoms in total. The molecule has 0 fully saturated rings. The summed E-state index contributed by atoms with van der Waals surface area (Å²) in [6.45, 7) is 0.801. The first-order chi connectivity index (χ1) is 10.4. The van der Waals surface area contributed by atoms with E-state index in [1.807, 2.05) is 5.51 Å². The van der Waals surface area contributed by atoms with Gasteiger partial charge < -0.3 is 5.32 Å². The molecule has 0 amide bonds. The summed E-state index contributed by atoms with van der Waals surface area (Å²) in [6, 6.07) is 21.5. The Hall–Kier alpha value is -1.97. The van der Waals surface area contributed by atoms with Crippen LogP contribution in [0.15, 0.2) is 71.6 Å². The average molecular weight is 294 g/mol. The second-order valence-electron chi connectivity index (χ2n) is 5.01. The highest BCUT2D eigenvalue weighted by atomic mass is 32.1. The second kappa shape index (κ2) is 7.16. The Balaban J connectivity index is 1.74. The van der Waals surface area contributed by atoms with Gasteiger partial charge in [-0.3, -0.25) is 0 Å². The fraction of sp³-hybridized carbons (Fsp3) is 0.167. The molecule has 1 atom stereocenters. The summed E-state index contributed by atoms with van der Waals surface area (Å²) < 4.78 is 0. The van der Waals surface area contributed by atoms with Crippen LogP contribution < -0.4 is 5.32 Å². The molecule has 1 N–H and O–H groups in total. The molecule has 1 aromatic heterocycles. The summed E-state index contributed by atoms with van der Waals surface area (Å²) in [5.74, 6) is 0. The SMILES string of the molecule is c1ccc(CC(NCc2cscn2)c2ccccc2)cc1. The van der Waals surface area contributed by atoms with Crippen molar-refractivity contribution in [3.63, 3.8) is 0 Å². The number of nitrogens with one attached hydrogen (secondary N) is 1. The average Bonchev–Trinajstić information content (AvgIpc) is 3.07. The minimum atomic E-state index is 0.301. The van der Waals surface area contributed by atoms with E-state index in [9.17, 15) is 0 Å². The first-order valence-electron chi connectivity index (χ1n) is 7.11. The third-order valence-corrected chi connectivity index (χ3v) is 4.13. The van der Waals surface area contributed by atoms with E-state index < -0.39 is 0 Å². The minimum absolute atomic E-state index is 0.301. The van der Waals surface area contributed by atoms with E-state index in [0.717, 1.165) is 18.7 Å². The molecule has 1 unspecified atom stereocenters. The van der Waals surface area contributed by atoms with Crippen molar-refractivity contribution in [1.82, 2.24) is 10.3 Å². The summed E-state index contributed by atoms with van der Waals surface area (Å²) in [6.07, 6.45) is 0.981. The van der Waals surface area contributed by atoms with Gasteiger partial charge in [0.1, 0.15) is 0 Å². The highest BCUT2D eigenvalue weighted by molar-refractivity contribution is 7.07. The van der Waals surface area contributed by atoms with E-state index in [1.165, 1.54) is 11.1 Å². The molecule has 0 bridgehead atoms. The molecular formula is C18H18N2S. The first kappa shape index (κ1) is 14.0. The van der Waals surface area contributed by atoms with Crippen LogP contribution in [-0.4, -0.2) is 4.98 Å². The van der Waals surface area contributed by atoms with Gasteiger partial charge in [0.05, 0.1) is 11.2 Å². The van der Waals surface area contributed by atoms with Crippen LogP contribution in [0.4, 0.5) is 0 Å². The molecule has 3 heteroatoms. The predicted octanol–water partition coefficient (Wildman–Crippen LogP) is 4.22. The van der Waals surface area contributed by atoms with Crippen LogP contribution in [0, 0.1) is 0 Å². The van der Waals surface area contributed by atoms with E-state index in [0.29, 0.717) is 6.04 Å². The van der Waals surface area contributed by atoms with Gasteiger partial charge in [-0.25, -0.2) is 4.98 Å². The van der Waals surface area contributed by atoms with E-state index in [1.54, 1.807) is 11.3 Å². The van der Waals surface area contributed by atoms with Crippen LogP contribution in [-0.2, 0) is 13.0 Å². The molecule has 3 rings (SSSR count). The number of aromatic nitrogens is 1. The Morgan fingerprint density at radius 1 is 0.952 bits per heavy atom. The first-order valence-corrected chi connectivity index (χ1v) is 8.05. The number of hydrogen-bond donors (Lipinski definition) is 1. The molecule has 21 heavy (non-hydrogen) atoms. The van der Waals surface area contributed by atoms with Gasteiger partial charge in [0.25, 0.3) is 0 Å². The zero-order valence-electron chi connectivity index (χ0n) is 11.8. The number of benzene rings is 2. The third kappa shape index (κ3) is 4.00. The molecular weight excluding hydrogens is 276 g/mol. The number of hydrogen-bond acceptors (Lipinski definition) is 3. The number of rotatable bonds is 6. The monoisotopic (exact) mass is 294 g/mol. The standard InChI is InChI=1S/C18H18N2S/c1-3-7-15(8-4-1)11-18(16-9-5-2-6-10-16)19-12-17-13-21-14-20-17/h1-10,13-14,18-19H,11-12H2. The van der Waals surface area contributed by atoms with Crippen molar-refractivity contribution in [2.24, 2.45) is 0 Å². The summed E-state index contributed by atoms with van der Waals surface area (Å²) in [5, 5.41) is 5.73. The van der Waals surface area contributed by atoms with Gasteiger partial charge in [-0.05, 0) is 17.5 Å². The van der Waals surface area contributed by atoms with Crippen LogP contribution in [0.25, 0.3) is 0 Å². The summed E-state index contributed by atoms with van der Waals surface area (Å²) in [7, 11) is 0. The normalized spacial score (nSPS) is 12.2. The lowest BCUT2D eigenvalue weighted by atomic mass is 9.99. The Labute approximate surface area is 129 Å². The molecule has 0 aliphatic heterocycles. The van der Waals surface area contributed by atoms with Crippen LogP contribution in [0.5, 0.6) is 0 Å². The van der Waals surface area contributed by atoms with Crippen molar-refractivity contribution in [2.75, 3.05) is 0 Å². The third-order valence-electron chi connectivity index (χ3n) is 3.50. The highest BCUT2D eigenvalue weighted by Gasteiger charge is 2.12. The Morgan fingerprint density at radius 2 is 1.67 bits per heavy atom. The van der Waals surface area contributed by atoms with Gasteiger partial charge in [-0.1, -0.05) is 60.7 Å². The molecule has 0 radical (unpaired) electrons. The second-order valence-corrected chi connectivity index (χ2v) is 5.73. The maximum atomic E-state index is 4.34. The van der Waals surface area contributed by atoms with Gasteiger partial charge in [0.15, 0.2) is 0 Å². The van der Waals surface area contributed by atoms with Gasteiger partial charge in [0, 0.05) is 18.0 Å². The lowest BCUT2D eigenvalue weighted by Crippen LogP contribution is -2.23. The molecule has 0 aliphatic carbocycles. The molecule has 0 saturated heterocycles. The van der Waals surface area contributed by atoms with E-state index in [2.05, 4.69) is 76.3 Å². The Morgan fingerprint density at radius 3 is 2.33 bits per heavy atom. The quantitative estimate of drug-likeness (QED) is 0.736. The topological polar surface area (TPSA) is 24.9 Å². The lowest BCUT2D eigenvalue weighted by molar-refractivity contribution is 0.526. The fourth-order valence-electron chi connectivity index (χ4n) is 2.40. The lowest BCUT2D eigenvalue weighted by Gasteiger charge is -2.19. The van der Waals surface area contributed by atoms with Crippen molar-refractivity contribution in [3.05, 3.63) is 88.4 Å². The molecule has 1 heterocycles. The van der Waals surface area contributed by atoms with Crippen LogP contribution in [0.3, 0.4) is 0 Å². The fourth-order valence-corrected chi connectivity index (χ4v) is 2.95. The van der Waals surface area contributed by atoms with Crippen LogP contribution in [0.2, 0.25) is 0 Å². The van der Waals surface area contributed by atoms with Crippen molar-refractivity contribution in [3.8, 4) is 0 Å². The Bertz CT molecular complexity index is 636. The summed E-state index contributed by atoms with van der Waals surface area (Å²) >= 11 is 1.64. The van der Waals surface area contributed by atoms with Crippen molar-refractivity contribution in [2.45, 2.75) is 19.0 Å². The maximum absolute atomic E-state index is 4.34. The highest BCUT2D eigenvalue weighted by Crippen LogP contribution is 2.19. The van der Waals surface area contributed by atoms with Gasteiger partial charge in [-0.15, -0.1) is 11.3 Å². The van der Waals surface area contributed by atoms with Gasteiger partial charge in [-0.2, -0.15) is 0 Å². The van der Waals surface area contributed by atoms with E-state index in [4.69, 9.17) is 0 Å². The molecule has 0 saturated carbocycles. The Kier molecular flexibility index (Phi) is 4.77. The van der Waals surface area contributed by atoms with Crippen LogP contribution >= 0.6 is 11.3 Å². The van der Waals surface area contributed by atoms with E-state index >= 15 is 0 Å². The van der Waals surface area contributed by atoms with Crippen molar-refractivity contribution in [1.29, 1.82) is 0 Å². The molecule has 106 valence electrons. The molecule has 2 aromatic carbocycles. The number of thiazole rings is 1. The van der Waals surface area contributed by atoms with Gasteiger partial charge in [0.2, 0.25) is 0 Å². The summed E-state index contributed by atoms with van der Waals surface area (Å²) in [5.41, 5.74) is 5.65. The number of nitrogens with zero attached hydrogens (tertiary/aromatic N) is 1. The van der Waals surface area contributed by atoms with E-state index in [-0.39, 0.29) is 0 Å². The van der Waals surface area contributed by atoms with Gasteiger partial charge >= 0.3 is 0 Å². The smallest absolute Gasteiger partial charge is 0.0795 e. The molecule has 3 aromatic rings. The largest absolute Gasteiger partial charge is 0.304 e. The van der Waals surface area contributed by atoms with Crippen LogP contribution in [0.1, 0.15) is 22.9 Å². The zero-order valence-corrected chi connectivity index (χ0v) is 12.6. The summed E-state index contributed by atoms with van der Waals surface area (Å²) in [4.78, 5) is 4.34. The minimum Gasteiger partial charge on any atom is -0.304 e. The predicted molar refractivity (Wildman–Crippen MR) is 88.3 cm³/mol. The van der Waals surface area contributed by atoms with Crippen molar-refractivity contribution >= 4 is 11.3 Å². The maximum Gasteiger partial charge on any atom is 0.0795 e. The van der Waals surface area contributed by atoms with Crippen molar-refractivity contribution < 1.29 is 0 Å². The molecule has 0 spiro atoms. The molecule has 0 aliphatic rings.